The summed E-state index contributed by atoms with van der Waals surface area (Å²) < 4.78 is 40.4. The van der Waals surface area contributed by atoms with Crippen molar-refractivity contribution in [3.63, 3.8) is 0 Å². The van der Waals surface area contributed by atoms with Crippen LogP contribution in [-0.2, 0) is 4.18 Å². The average Bonchev–Trinajstić information content (AvgIpc) is 2.30. The third-order valence-electron chi connectivity index (χ3n) is 1.21. The lowest BCUT2D eigenvalue weighted by Gasteiger charge is -2.19. The van der Waals surface area contributed by atoms with E-state index in [0.29, 0.717) is 0 Å². The van der Waals surface area contributed by atoms with Crippen LogP contribution in [0.3, 0.4) is 0 Å². The van der Waals surface area contributed by atoms with Crippen LogP contribution >= 0.6 is 12.2 Å². The van der Waals surface area contributed by atoms with Crippen molar-refractivity contribution < 1.29 is 27.3 Å². The molecule has 1 fully saturated rings. The molecule has 0 spiro atoms. The molecule has 1 saturated heterocycles. The van der Waals surface area contributed by atoms with Crippen molar-refractivity contribution in [2.75, 3.05) is 6.61 Å². The first-order chi connectivity index (χ1) is 5.43. The standard InChI is InChI=1S/C4H4F3NO3S/c5-4(6,7)2-1-11-12-8(2)3(9)10/h2H,1H2,(H,9,10). The van der Waals surface area contributed by atoms with Gasteiger partial charge in [0.2, 0.25) is 0 Å². The fraction of sp³-hybridized carbons (Fsp3) is 0.750. The number of hydrogen-bond donors (Lipinski definition) is 1. The van der Waals surface area contributed by atoms with E-state index in [1.807, 2.05) is 0 Å². The Morgan fingerprint density at radius 2 is 2.25 bits per heavy atom. The van der Waals surface area contributed by atoms with Crippen LogP contribution in [0, 0.1) is 0 Å². The van der Waals surface area contributed by atoms with Crippen LogP contribution in [0.15, 0.2) is 0 Å². The highest BCUT2D eigenvalue weighted by Crippen LogP contribution is 2.35. The number of rotatable bonds is 0. The molecule has 1 aliphatic heterocycles. The Balaban J connectivity index is 2.71. The number of halogens is 3. The lowest BCUT2D eigenvalue weighted by Crippen LogP contribution is -2.42. The van der Waals surface area contributed by atoms with Gasteiger partial charge in [0.05, 0.1) is 6.61 Å². The minimum atomic E-state index is -4.57. The number of amides is 1. The third-order valence-corrected chi connectivity index (χ3v) is 2.02. The van der Waals surface area contributed by atoms with Gasteiger partial charge < -0.3 is 5.11 Å². The van der Waals surface area contributed by atoms with Crippen LogP contribution in [-0.4, -0.2) is 34.3 Å². The second kappa shape index (κ2) is 3.02. The molecule has 1 unspecified atom stereocenters. The van der Waals surface area contributed by atoms with Gasteiger partial charge in [0.15, 0.2) is 6.04 Å². The van der Waals surface area contributed by atoms with Crippen LogP contribution in [0.4, 0.5) is 18.0 Å². The molecule has 0 aromatic rings. The predicted molar refractivity (Wildman–Crippen MR) is 33.2 cm³/mol. The summed E-state index contributed by atoms with van der Waals surface area (Å²) in [4.78, 5) is 10.2. The molecular weight excluding hydrogens is 199 g/mol. The van der Waals surface area contributed by atoms with Gasteiger partial charge in [-0.2, -0.15) is 13.2 Å². The van der Waals surface area contributed by atoms with Gasteiger partial charge in [-0.25, -0.2) is 9.10 Å². The van der Waals surface area contributed by atoms with Gasteiger partial charge in [0, 0.05) is 0 Å². The zero-order chi connectivity index (χ0) is 9.35. The van der Waals surface area contributed by atoms with E-state index in [1.54, 1.807) is 0 Å². The van der Waals surface area contributed by atoms with Crippen LogP contribution in [0.1, 0.15) is 0 Å². The Labute approximate surface area is 69.6 Å². The fourth-order valence-corrected chi connectivity index (χ4v) is 1.32. The molecule has 0 radical (unpaired) electrons. The van der Waals surface area contributed by atoms with Crippen molar-refractivity contribution in [3.8, 4) is 0 Å². The summed E-state index contributed by atoms with van der Waals surface area (Å²) >= 11 is 0.199. The van der Waals surface area contributed by atoms with Crippen LogP contribution < -0.4 is 0 Å². The summed E-state index contributed by atoms with van der Waals surface area (Å²) in [7, 11) is 0. The molecule has 1 rings (SSSR count). The Morgan fingerprint density at radius 1 is 1.67 bits per heavy atom. The highest BCUT2D eigenvalue weighted by atomic mass is 32.2. The second-order valence-corrected chi connectivity index (χ2v) is 2.80. The first kappa shape index (κ1) is 9.46. The smallest absolute Gasteiger partial charge is 0.419 e. The molecule has 1 aliphatic rings. The summed E-state index contributed by atoms with van der Waals surface area (Å²) in [6.45, 7) is -0.652. The molecule has 4 nitrogen and oxygen atoms in total. The molecule has 1 atom stereocenters. The zero-order valence-corrected chi connectivity index (χ0v) is 6.35. The van der Waals surface area contributed by atoms with E-state index in [2.05, 4.69) is 4.18 Å². The molecule has 12 heavy (non-hydrogen) atoms. The minimum Gasteiger partial charge on any atom is -0.464 e. The summed E-state index contributed by atoms with van der Waals surface area (Å²) in [6.07, 6.45) is -6.22. The normalized spacial score (nSPS) is 24.6. The SMILES string of the molecule is O=C(O)N1SOCC1C(F)(F)F. The molecule has 0 aromatic heterocycles. The third kappa shape index (κ3) is 1.75. The van der Waals surface area contributed by atoms with Gasteiger partial charge in [0.25, 0.3) is 0 Å². The molecular formula is C4H4F3NO3S. The summed E-state index contributed by atoms with van der Waals surface area (Å²) in [5.41, 5.74) is 0. The number of hydrogen-bond acceptors (Lipinski definition) is 3. The van der Waals surface area contributed by atoms with Gasteiger partial charge in [-0.1, -0.05) is 0 Å². The van der Waals surface area contributed by atoms with Crippen molar-refractivity contribution in [2.24, 2.45) is 0 Å². The van der Waals surface area contributed by atoms with Crippen molar-refractivity contribution in [3.05, 3.63) is 0 Å². The molecule has 0 aromatic carbocycles. The summed E-state index contributed by atoms with van der Waals surface area (Å²) in [5.74, 6) is 0. The average molecular weight is 203 g/mol. The summed E-state index contributed by atoms with van der Waals surface area (Å²) in [6, 6.07) is -2.06. The van der Waals surface area contributed by atoms with Gasteiger partial charge >= 0.3 is 12.3 Å². The van der Waals surface area contributed by atoms with Gasteiger partial charge in [-0.05, 0) is 0 Å². The minimum absolute atomic E-state index is 0.139. The molecule has 0 bridgehead atoms. The lowest BCUT2D eigenvalue weighted by molar-refractivity contribution is -0.166. The molecule has 8 heteroatoms. The van der Waals surface area contributed by atoms with Gasteiger partial charge in [0.1, 0.15) is 12.2 Å². The van der Waals surface area contributed by atoms with E-state index in [9.17, 15) is 18.0 Å². The van der Waals surface area contributed by atoms with E-state index in [0.717, 1.165) is 0 Å². The van der Waals surface area contributed by atoms with Crippen molar-refractivity contribution in [1.82, 2.24) is 4.31 Å². The fourth-order valence-electron chi connectivity index (χ4n) is 0.664. The number of carboxylic acid groups (broad SMARTS) is 1. The van der Waals surface area contributed by atoms with E-state index in [-0.39, 0.29) is 16.5 Å². The van der Waals surface area contributed by atoms with E-state index >= 15 is 0 Å². The maximum atomic E-state index is 12.0. The number of nitrogens with zero attached hydrogens (tertiary/aromatic N) is 1. The monoisotopic (exact) mass is 203 g/mol. The van der Waals surface area contributed by atoms with Gasteiger partial charge in [-0.15, -0.1) is 0 Å². The Morgan fingerprint density at radius 3 is 2.58 bits per heavy atom. The molecule has 1 N–H and O–H groups in total. The van der Waals surface area contributed by atoms with Crippen LogP contribution in [0.2, 0.25) is 0 Å². The Kier molecular flexibility index (Phi) is 2.38. The largest absolute Gasteiger partial charge is 0.464 e. The topological polar surface area (TPSA) is 49.8 Å². The van der Waals surface area contributed by atoms with Gasteiger partial charge in [-0.3, -0.25) is 4.18 Å². The molecule has 1 heterocycles. The first-order valence-corrected chi connectivity index (χ1v) is 3.51. The lowest BCUT2D eigenvalue weighted by atomic mass is 10.3. The predicted octanol–water partition coefficient (Wildman–Crippen LogP) is 1.49. The highest BCUT2D eigenvalue weighted by molar-refractivity contribution is 7.93. The van der Waals surface area contributed by atoms with Crippen LogP contribution in [0.25, 0.3) is 0 Å². The molecule has 1 amide bonds. The number of carbonyl (C=O) groups is 1. The molecule has 0 aliphatic carbocycles. The van der Waals surface area contributed by atoms with Crippen molar-refractivity contribution in [1.29, 1.82) is 0 Å². The molecule has 70 valence electrons. The summed E-state index contributed by atoms with van der Waals surface area (Å²) in [5, 5.41) is 8.27. The highest BCUT2D eigenvalue weighted by Gasteiger charge is 2.50. The van der Waals surface area contributed by atoms with E-state index in [1.165, 1.54) is 0 Å². The van der Waals surface area contributed by atoms with Crippen molar-refractivity contribution in [2.45, 2.75) is 12.2 Å². The quantitative estimate of drug-likeness (QED) is 0.478. The Hall–Kier alpha value is -0.630. The molecule has 0 saturated carbocycles. The Bertz CT molecular complexity index is 196. The van der Waals surface area contributed by atoms with Crippen LogP contribution in [0.5, 0.6) is 0 Å². The second-order valence-electron chi connectivity index (χ2n) is 2.02. The van der Waals surface area contributed by atoms with E-state index < -0.39 is 24.9 Å². The first-order valence-electron chi connectivity index (χ1n) is 2.81. The van der Waals surface area contributed by atoms with Crippen molar-refractivity contribution >= 4 is 18.3 Å². The zero-order valence-electron chi connectivity index (χ0n) is 5.54. The maximum Gasteiger partial charge on any atom is 0.419 e. The number of alkyl halides is 3. The maximum absolute atomic E-state index is 12.0. The van der Waals surface area contributed by atoms with E-state index in [4.69, 9.17) is 5.11 Å².